The number of carbonyl (C=O) groups excluding carboxylic acids is 6. The van der Waals surface area contributed by atoms with Crippen molar-refractivity contribution in [3.05, 3.63) is 280 Å². The SMILES string of the molecule is CC(C)Oc1ccc(C2=NCc3ccc(N4CC[C@]5(CCCN(CC(=O)N6CC=C(c7ccc(-c8ncn(C)n8)cc7)CC6)C5)C4=O)cc32)cn1.Cn1cnc(-c2ccc(C3=CCN(C(=O)CN4CC[C@]5(CCN(c6ccc7c(n6)C(c6ccc(CO)nc6)=NC7)C5=O)C4)CC3)cc2)n1.Cn1cnc(-c2ccc(C3=CCN(C(=O)CN4CC[C@]5(CCN(c6ccc7c(n6)C(c6ccc(OC(F)F)nc6)=NC7)C5=O)C4)CC3)cc2)n1. The van der Waals surface area contributed by atoms with Crippen LogP contribution in [0, 0.1) is 16.2 Å². The zero-order valence-electron chi connectivity index (χ0n) is 84.0. The van der Waals surface area contributed by atoms with Crippen LogP contribution in [0.5, 0.6) is 11.8 Å². The first-order valence-corrected chi connectivity index (χ1v) is 51.2. The number of amides is 6. The topological polar surface area (TPSA) is 364 Å². The molecule has 24 rings (SSSR count). The van der Waals surface area contributed by atoms with Crippen molar-refractivity contribution in [2.24, 2.45) is 52.4 Å². The van der Waals surface area contributed by atoms with E-state index in [0.29, 0.717) is 188 Å². The van der Waals surface area contributed by atoms with Crippen molar-refractivity contribution >= 4 is 86.6 Å². The van der Waals surface area contributed by atoms with Gasteiger partial charge < -0.3 is 34.2 Å². The maximum absolute atomic E-state index is 14.2. The Bertz CT molecular complexity index is 7350. The van der Waals surface area contributed by atoms with Gasteiger partial charge in [-0.25, -0.2) is 34.9 Å². The minimum Gasteiger partial charge on any atom is -0.475 e. The molecule has 762 valence electrons. The highest BCUT2D eigenvalue weighted by atomic mass is 19.3. The molecule has 0 aliphatic carbocycles. The van der Waals surface area contributed by atoms with Gasteiger partial charge in [-0.1, -0.05) is 109 Å². The monoisotopic (exact) mass is 2010 g/mol. The molecule has 3 spiro atoms. The molecule has 12 aliphatic rings. The van der Waals surface area contributed by atoms with E-state index in [4.69, 9.17) is 24.7 Å². The van der Waals surface area contributed by atoms with Gasteiger partial charge in [0.15, 0.2) is 17.5 Å². The van der Waals surface area contributed by atoms with Crippen LogP contribution in [0.1, 0.15) is 151 Å². The van der Waals surface area contributed by atoms with E-state index < -0.39 is 22.9 Å². The van der Waals surface area contributed by atoms with Gasteiger partial charge in [0.2, 0.25) is 47.2 Å². The summed E-state index contributed by atoms with van der Waals surface area (Å²) in [4.78, 5) is 150. The lowest BCUT2D eigenvalue weighted by Crippen LogP contribution is -2.51. The summed E-state index contributed by atoms with van der Waals surface area (Å²) >= 11 is 0. The van der Waals surface area contributed by atoms with Crippen LogP contribution >= 0.6 is 0 Å². The zero-order chi connectivity index (χ0) is 102. The number of aromatic nitrogens is 14. The number of ether oxygens (including phenoxy) is 2. The Morgan fingerprint density at radius 3 is 1.17 bits per heavy atom. The van der Waals surface area contributed by atoms with Crippen LogP contribution in [-0.2, 0) is 76.2 Å². The summed E-state index contributed by atoms with van der Waals surface area (Å²) in [5.74, 6) is 4.32. The molecule has 0 unspecified atom stereocenters. The minimum absolute atomic E-state index is 0.0296. The molecule has 149 heavy (non-hydrogen) atoms. The van der Waals surface area contributed by atoms with Gasteiger partial charge in [-0.05, 0) is 185 Å². The molecule has 12 aliphatic heterocycles. The van der Waals surface area contributed by atoms with Gasteiger partial charge in [0, 0.05) is 186 Å². The normalized spacial score (nSPS) is 20.6. The van der Waals surface area contributed by atoms with Crippen molar-refractivity contribution in [3.63, 3.8) is 0 Å². The summed E-state index contributed by atoms with van der Waals surface area (Å²) in [6.45, 7) is 13.0. The van der Waals surface area contributed by atoms with Crippen LogP contribution < -0.4 is 24.2 Å². The number of aliphatic hydroxyl groups excluding tert-OH is 1. The van der Waals surface area contributed by atoms with E-state index in [-0.39, 0.29) is 60.6 Å². The first-order chi connectivity index (χ1) is 72.4. The van der Waals surface area contributed by atoms with Crippen LogP contribution in [-0.4, -0.2) is 287 Å². The van der Waals surface area contributed by atoms with E-state index in [9.17, 15) is 42.7 Å². The van der Waals surface area contributed by atoms with E-state index in [0.717, 1.165) is 148 Å². The Morgan fingerprint density at radius 2 is 0.772 bits per heavy atom. The third-order valence-electron chi connectivity index (χ3n) is 30.8. The second kappa shape index (κ2) is 41.6. The van der Waals surface area contributed by atoms with Crippen LogP contribution in [0.4, 0.5) is 26.1 Å². The quantitative estimate of drug-likeness (QED) is 0.0621. The van der Waals surface area contributed by atoms with E-state index in [1.54, 1.807) is 56.3 Å². The molecule has 20 heterocycles. The summed E-state index contributed by atoms with van der Waals surface area (Å²) < 4.78 is 40.3. The smallest absolute Gasteiger partial charge is 0.388 e. The van der Waals surface area contributed by atoms with E-state index in [2.05, 4.69) is 155 Å². The molecule has 0 saturated carbocycles. The molecule has 35 nitrogen and oxygen atoms in total. The number of rotatable bonds is 23. The maximum atomic E-state index is 14.2. The predicted octanol–water partition coefficient (Wildman–Crippen LogP) is 12.0. The number of nitrogens with zero attached hydrogens (tertiary/aromatic N) is 26. The lowest BCUT2D eigenvalue weighted by molar-refractivity contribution is -0.135. The molecule has 12 aromatic rings. The van der Waals surface area contributed by atoms with Gasteiger partial charge in [-0.15, -0.1) is 0 Å². The molecular weight excluding hydrogens is 1890 g/mol. The highest BCUT2D eigenvalue weighted by Gasteiger charge is 2.55. The highest BCUT2D eigenvalue weighted by Crippen LogP contribution is 2.47. The molecule has 6 saturated heterocycles. The van der Waals surface area contributed by atoms with E-state index >= 15 is 0 Å². The van der Waals surface area contributed by atoms with E-state index in [1.165, 1.54) is 34.5 Å². The molecule has 3 atom stereocenters. The average molecular weight is 2010 g/mol. The second-order valence-electron chi connectivity index (χ2n) is 40.8. The number of benzene rings is 4. The molecule has 8 aromatic heterocycles. The Hall–Kier alpha value is -15.6. The second-order valence-corrected chi connectivity index (χ2v) is 40.8. The number of piperidine rings is 1. The van der Waals surface area contributed by atoms with Gasteiger partial charge in [0.1, 0.15) is 30.6 Å². The molecule has 0 bridgehead atoms. The molecule has 0 radical (unpaired) electrons. The Kier molecular flexibility index (Phi) is 27.4. The number of aryl methyl sites for hydroxylation is 3. The summed E-state index contributed by atoms with van der Waals surface area (Å²) in [5, 5.41) is 22.5. The molecule has 1 N–H and O–H groups in total. The first-order valence-electron chi connectivity index (χ1n) is 51.2. The fourth-order valence-electron chi connectivity index (χ4n) is 22.7. The average Bonchev–Trinajstić information content (AvgIpc) is 1.61. The van der Waals surface area contributed by atoms with Gasteiger partial charge >= 0.3 is 6.61 Å². The molecule has 6 fully saturated rings. The summed E-state index contributed by atoms with van der Waals surface area (Å²) in [6.07, 6.45) is 24.4. The molecule has 6 amide bonds. The van der Waals surface area contributed by atoms with Crippen LogP contribution in [0.25, 0.3) is 50.9 Å². The number of alkyl halides is 2. The number of pyridine rings is 5. The van der Waals surface area contributed by atoms with Crippen molar-refractivity contribution in [3.8, 4) is 45.9 Å². The fourth-order valence-corrected chi connectivity index (χ4v) is 22.7. The fraction of sp³-hybridized carbons (Fsp3) is 0.375. The number of hydrogen-bond acceptors (Lipinski definition) is 26. The number of carbonyl (C=O) groups is 6. The molecular formula is C112H116F2N26O9. The van der Waals surface area contributed by atoms with Crippen molar-refractivity contribution in [1.82, 2.24) is 98.6 Å². The number of anilines is 3. The number of aliphatic imine (C=N–C) groups is 3. The molecule has 37 heteroatoms. The van der Waals surface area contributed by atoms with E-state index in [1.807, 2.05) is 132 Å². The number of likely N-dealkylation sites (tertiary alicyclic amines) is 3. The number of aliphatic hydroxyl groups is 1. The largest absolute Gasteiger partial charge is 0.475 e. The van der Waals surface area contributed by atoms with Crippen molar-refractivity contribution in [1.29, 1.82) is 0 Å². The number of hydrogen-bond donors (Lipinski definition) is 1. The minimum atomic E-state index is -2.95. The van der Waals surface area contributed by atoms with Crippen LogP contribution in [0.15, 0.2) is 222 Å². The lowest BCUT2D eigenvalue weighted by Gasteiger charge is -2.39. The standard InChI is InChI=1S/C40H44N8O3.C36H35F2N9O3.C36H37N9O3/c1-27(2)51-35-12-10-32(23-41-35)37-34-21-33(11-9-31(34)22-42-37)48-20-16-40(39(48)50)15-4-17-46(25-40)24-36(49)47-18-13-29(14-19-47)28-5-7-30(8-6-28)38-43-26-45(3)44-38;1-44-22-41-33(43-44)25-4-2-23(3-5-25)24-10-14-46(15-11-24)30(48)20-45-16-12-36(21-45)13-17-47(34(36)49)28-8-6-27-19-40-31(32(27)42-28)26-7-9-29(39-18-26)50-35(37)38;1-42-23-39-34(41-42)26-4-2-24(3-5-26)25-10-14-44(15-11-25)31(47)20-43-16-12-36(22-43)13-17-45(35(36)48)30-9-7-28-19-38-32(33(28)40-30)27-6-8-29(21-46)37-18-27/h5-13,21,23,26-27H,4,14-20,22,24-25H2,1-3H3;2-10,18,22,35H,11-17,19-21H2,1H3;2-10,18,23,46H,11-17,19-22H2,1H3/t40-;2*36-/m000/s1. The molecule has 4 aromatic carbocycles. The van der Waals surface area contributed by atoms with Gasteiger partial charge in [-0.2, -0.15) is 24.1 Å². The maximum Gasteiger partial charge on any atom is 0.388 e. The third kappa shape index (κ3) is 20.5. The number of fused-ring (bicyclic) bond motifs is 3. The van der Waals surface area contributed by atoms with Crippen molar-refractivity contribution in [2.45, 2.75) is 117 Å². The van der Waals surface area contributed by atoms with Crippen LogP contribution in [0.2, 0.25) is 0 Å². The Morgan fingerprint density at radius 1 is 0.396 bits per heavy atom. The summed E-state index contributed by atoms with van der Waals surface area (Å²) in [6, 6.07) is 49.4. The number of halogens is 2. The predicted molar refractivity (Wildman–Crippen MR) is 557 cm³/mol. The summed E-state index contributed by atoms with van der Waals surface area (Å²) in [5.41, 5.74) is 20.3. The Labute approximate surface area is 860 Å². The lowest BCUT2D eigenvalue weighted by atomic mass is 9.78. The van der Waals surface area contributed by atoms with Crippen molar-refractivity contribution in [2.75, 3.05) is 133 Å². The highest BCUT2D eigenvalue weighted by molar-refractivity contribution is 6.17. The Balaban J connectivity index is 0.000000127. The summed E-state index contributed by atoms with van der Waals surface area (Å²) in [7, 11) is 5.56. The zero-order valence-corrected chi connectivity index (χ0v) is 84.0. The van der Waals surface area contributed by atoms with Gasteiger partial charge in [0.05, 0.1) is 102 Å². The van der Waals surface area contributed by atoms with Gasteiger partial charge in [-0.3, -0.25) is 87.3 Å². The van der Waals surface area contributed by atoms with Crippen molar-refractivity contribution < 1.29 is 52.1 Å². The van der Waals surface area contributed by atoms with Gasteiger partial charge in [0.25, 0.3) is 0 Å². The first kappa shape index (κ1) is 98.1. The third-order valence-corrected chi connectivity index (χ3v) is 30.8. The van der Waals surface area contributed by atoms with Crippen LogP contribution in [0.3, 0.4) is 0 Å².